The molecule has 102 valence electrons. The third-order valence-corrected chi connectivity index (χ3v) is 3.45. The highest BCUT2D eigenvalue weighted by atomic mass is 32.2. The molecule has 2 N–H and O–H groups in total. The Hall–Kier alpha value is -1.90. The third-order valence-electron chi connectivity index (χ3n) is 2.64. The van der Waals surface area contributed by atoms with E-state index in [0.717, 1.165) is 5.75 Å². The average Bonchev–Trinajstić information content (AvgIpc) is 2.91. The summed E-state index contributed by atoms with van der Waals surface area (Å²) >= 11 is 1.77. The van der Waals surface area contributed by atoms with Crippen LogP contribution in [0.4, 0.5) is 11.9 Å². The second kappa shape index (κ2) is 5.83. The standard InChI is InChI=1S/C10H16N8S/c1-7(4-19-3)17(2)9-14-8(11)15-10(16-9)18-6-12-5-13-18/h5-7H,4H2,1-3H3,(H2,11,14,15,16). The van der Waals surface area contributed by atoms with E-state index in [1.807, 2.05) is 11.9 Å². The van der Waals surface area contributed by atoms with E-state index in [1.54, 1.807) is 11.8 Å². The fourth-order valence-electron chi connectivity index (χ4n) is 1.49. The Bertz CT molecular complexity index is 528. The predicted octanol–water partition coefficient (Wildman–Crippen LogP) is 0.222. The molecule has 0 saturated heterocycles. The van der Waals surface area contributed by atoms with Crippen LogP contribution in [0.1, 0.15) is 6.92 Å². The van der Waals surface area contributed by atoms with E-state index in [1.165, 1.54) is 17.3 Å². The summed E-state index contributed by atoms with van der Waals surface area (Å²) in [5.41, 5.74) is 5.72. The maximum Gasteiger partial charge on any atom is 0.258 e. The molecule has 0 radical (unpaired) electrons. The number of hydrogen-bond donors (Lipinski definition) is 1. The molecule has 0 aliphatic heterocycles. The van der Waals surface area contributed by atoms with Gasteiger partial charge in [-0.25, -0.2) is 4.98 Å². The van der Waals surface area contributed by atoms with Crippen LogP contribution in [0.5, 0.6) is 0 Å². The largest absolute Gasteiger partial charge is 0.368 e. The molecule has 2 heterocycles. The number of anilines is 2. The van der Waals surface area contributed by atoms with Crippen molar-refractivity contribution in [2.24, 2.45) is 0 Å². The molecule has 0 spiro atoms. The first-order chi connectivity index (χ1) is 9.11. The van der Waals surface area contributed by atoms with Crippen LogP contribution in [-0.4, -0.2) is 54.8 Å². The van der Waals surface area contributed by atoms with Crippen LogP contribution in [0.15, 0.2) is 12.7 Å². The number of nitrogens with zero attached hydrogens (tertiary/aromatic N) is 7. The van der Waals surface area contributed by atoms with Gasteiger partial charge in [0.15, 0.2) is 0 Å². The Balaban J connectivity index is 2.31. The Morgan fingerprint density at radius 1 is 1.42 bits per heavy atom. The molecular weight excluding hydrogens is 264 g/mol. The summed E-state index contributed by atoms with van der Waals surface area (Å²) in [5, 5.41) is 3.98. The lowest BCUT2D eigenvalue weighted by atomic mass is 10.3. The Morgan fingerprint density at radius 3 is 2.84 bits per heavy atom. The topological polar surface area (TPSA) is 98.6 Å². The molecule has 1 atom stereocenters. The molecule has 1 unspecified atom stereocenters. The van der Waals surface area contributed by atoms with Crippen molar-refractivity contribution in [3.63, 3.8) is 0 Å². The van der Waals surface area contributed by atoms with E-state index >= 15 is 0 Å². The van der Waals surface area contributed by atoms with Crippen molar-refractivity contribution in [3.05, 3.63) is 12.7 Å². The van der Waals surface area contributed by atoms with Crippen LogP contribution in [-0.2, 0) is 0 Å². The first-order valence-electron chi connectivity index (χ1n) is 5.70. The summed E-state index contributed by atoms with van der Waals surface area (Å²) in [6.45, 7) is 2.10. The van der Waals surface area contributed by atoms with E-state index in [0.29, 0.717) is 17.9 Å². The number of thioether (sulfide) groups is 1. The predicted molar refractivity (Wildman–Crippen MR) is 75.4 cm³/mol. The SMILES string of the molecule is CSCC(C)N(C)c1nc(N)nc(-n2cncn2)n1. The summed E-state index contributed by atoms with van der Waals surface area (Å²) in [7, 11) is 1.93. The second-order valence-electron chi connectivity index (χ2n) is 4.05. The number of rotatable bonds is 5. The van der Waals surface area contributed by atoms with E-state index < -0.39 is 0 Å². The zero-order valence-electron chi connectivity index (χ0n) is 11.1. The summed E-state index contributed by atoms with van der Waals surface area (Å²) in [5.74, 6) is 2.03. The van der Waals surface area contributed by atoms with E-state index in [4.69, 9.17) is 5.73 Å². The number of hydrogen-bond acceptors (Lipinski definition) is 8. The van der Waals surface area contributed by atoms with Gasteiger partial charge >= 0.3 is 0 Å². The Kier molecular flexibility index (Phi) is 4.15. The van der Waals surface area contributed by atoms with Gasteiger partial charge in [-0.2, -0.15) is 36.5 Å². The van der Waals surface area contributed by atoms with Gasteiger partial charge in [0, 0.05) is 18.8 Å². The first-order valence-corrected chi connectivity index (χ1v) is 7.09. The Labute approximate surface area is 115 Å². The summed E-state index contributed by atoms with van der Waals surface area (Å²) < 4.78 is 1.45. The summed E-state index contributed by atoms with van der Waals surface area (Å²) in [6, 6.07) is 0.292. The molecule has 0 saturated carbocycles. The van der Waals surface area contributed by atoms with Gasteiger partial charge in [0.1, 0.15) is 12.7 Å². The molecule has 0 aliphatic carbocycles. The fourth-order valence-corrected chi connectivity index (χ4v) is 2.20. The molecule has 0 fully saturated rings. The van der Waals surface area contributed by atoms with Gasteiger partial charge in [0.2, 0.25) is 11.9 Å². The van der Waals surface area contributed by atoms with Gasteiger partial charge in [0.05, 0.1) is 0 Å². The van der Waals surface area contributed by atoms with Crippen molar-refractivity contribution >= 4 is 23.7 Å². The molecule has 8 nitrogen and oxygen atoms in total. The van der Waals surface area contributed by atoms with Gasteiger partial charge < -0.3 is 10.6 Å². The molecule has 9 heteroatoms. The lowest BCUT2D eigenvalue weighted by molar-refractivity contribution is 0.720. The highest BCUT2D eigenvalue weighted by Gasteiger charge is 2.15. The molecule has 2 aromatic rings. The van der Waals surface area contributed by atoms with Crippen LogP contribution < -0.4 is 10.6 Å². The number of nitrogens with two attached hydrogens (primary N) is 1. The van der Waals surface area contributed by atoms with Crippen molar-refractivity contribution in [2.45, 2.75) is 13.0 Å². The maximum atomic E-state index is 5.72. The van der Waals surface area contributed by atoms with Gasteiger partial charge in [-0.3, -0.25) is 0 Å². The van der Waals surface area contributed by atoms with E-state index in [9.17, 15) is 0 Å². The fraction of sp³-hybridized carbons (Fsp3) is 0.500. The minimum Gasteiger partial charge on any atom is -0.368 e. The highest BCUT2D eigenvalue weighted by molar-refractivity contribution is 7.98. The number of nitrogen functional groups attached to an aromatic ring is 1. The minimum absolute atomic E-state index is 0.165. The second-order valence-corrected chi connectivity index (χ2v) is 4.96. The quantitative estimate of drug-likeness (QED) is 0.830. The van der Waals surface area contributed by atoms with Gasteiger partial charge in [0.25, 0.3) is 5.95 Å². The lowest BCUT2D eigenvalue weighted by Crippen LogP contribution is -2.33. The van der Waals surface area contributed by atoms with Gasteiger partial charge in [-0.15, -0.1) is 0 Å². The van der Waals surface area contributed by atoms with Crippen molar-refractivity contribution < 1.29 is 0 Å². The van der Waals surface area contributed by atoms with Crippen molar-refractivity contribution in [1.82, 2.24) is 29.7 Å². The lowest BCUT2D eigenvalue weighted by Gasteiger charge is -2.24. The van der Waals surface area contributed by atoms with Crippen molar-refractivity contribution in [1.29, 1.82) is 0 Å². The minimum atomic E-state index is 0.165. The number of aromatic nitrogens is 6. The van der Waals surface area contributed by atoms with Crippen LogP contribution in [0.2, 0.25) is 0 Å². The van der Waals surface area contributed by atoms with Crippen LogP contribution in [0.3, 0.4) is 0 Å². The van der Waals surface area contributed by atoms with Crippen molar-refractivity contribution in [2.75, 3.05) is 29.7 Å². The smallest absolute Gasteiger partial charge is 0.258 e. The van der Waals surface area contributed by atoms with E-state index in [2.05, 4.69) is 38.2 Å². The normalized spacial score (nSPS) is 12.4. The Morgan fingerprint density at radius 2 is 2.21 bits per heavy atom. The monoisotopic (exact) mass is 280 g/mol. The van der Waals surface area contributed by atoms with Crippen LogP contribution >= 0.6 is 11.8 Å². The maximum absolute atomic E-state index is 5.72. The molecule has 0 bridgehead atoms. The summed E-state index contributed by atoms with van der Waals surface area (Å²) in [6.07, 6.45) is 5.00. The molecule has 0 aliphatic rings. The van der Waals surface area contributed by atoms with Crippen LogP contribution in [0.25, 0.3) is 5.95 Å². The van der Waals surface area contributed by atoms with Crippen molar-refractivity contribution in [3.8, 4) is 5.95 Å². The summed E-state index contributed by atoms with van der Waals surface area (Å²) in [4.78, 5) is 18.4. The molecule has 2 rings (SSSR count). The van der Waals surface area contributed by atoms with Gasteiger partial charge in [-0.1, -0.05) is 0 Å². The zero-order valence-corrected chi connectivity index (χ0v) is 11.9. The zero-order chi connectivity index (χ0) is 13.8. The molecule has 19 heavy (non-hydrogen) atoms. The van der Waals surface area contributed by atoms with Crippen LogP contribution in [0, 0.1) is 0 Å². The molecular formula is C10H16N8S. The molecule has 0 amide bonds. The first kappa shape index (κ1) is 13.5. The molecule has 2 aromatic heterocycles. The third kappa shape index (κ3) is 3.11. The van der Waals surface area contributed by atoms with Gasteiger partial charge in [-0.05, 0) is 13.2 Å². The highest BCUT2D eigenvalue weighted by Crippen LogP contribution is 2.14. The molecule has 0 aromatic carbocycles. The average molecular weight is 280 g/mol. The van der Waals surface area contributed by atoms with E-state index in [-0.39, 0.29) is 5.95 Å².